The fourth-order valence-corrected chi connectivity index (χ4v) is 1.42. The number of allylic oxidation sites excluding steroid dienone is 1. The van der Waals surface area contributed by atoms with Crippen LogP contribution in [-0.4, -0.2) is 7.05 Å². The van der Waals surface area contributed by atoms with Crippen molar-refractivity contribution in [3.05, 3.63) is 12.7 Å². The van der Waals surface area contributed by atoms with Crippen molar-refractivity contribution < 1.29 is 0 Å². The van der Waals surface area contributed by atoms with E-state index in [2.05, 4.69) is 19.2 Å². The summed E-state index contributed by atoms with van der Waals surface area (Å²) in [5.41, 5.74) is 4.50. The van der Waals surface area contributed by atoms with Gasteiger partial charge in [0, 0.05) is 0 Å². The molecule has 14 heavy (non-hydrogen) atoms. The second kappa shape index (κ2) is 18.5. The van der Waals surface area contributed by atoms with E-state index >= 15 is 0 Å². The largest absolute Gasteiger partial charge is 0.333 e. The van der Waals surface area contributed by atoms with Crippen molar-refractivity contribution in [1.82, 2.24) is 0 Å². The van der Waals surface area contributed by atoms with Crippen molar-refractivity contribution in [1.29, 1.82) is 0 Å². The zero-order chi connectivity index (χ0) is 11.1. The highest BCUT2D eigenvalue weighted by molar-refractivity contribution is 4.65. The summed E-state index contributed by atoms with van der Waals surface area (Å²) in [6, 6.07) is 0. The molecule has 0 saturated carbocycles. The second-order valence-corrected chi connectivity index (χ2v) is 3.55. The van der Waals surface area contributed by atoms with Crippen molar-refractivity contribution in [2.24, 2.45) is 5.73 Å². The van der Waals surface area contributed by atoms with E-state index in [4.69, 9.17) is 0 Å². The molecule has 0 aromatic heterocycles. The molecule has 0 aliphatic rings. The first-order valence-electron chi connectivity index (χ1n) is 6.10. The fraction of sp³-hybridized carbons (Fsp3) is 0.846. The molecule has 0 aliphatic heterocycles. The van der Waals surface area contributed by atoms with Crippen LogP contribution in [0.2, 0.25) is 0 Å². The van der Waals surface area contributed by atoms with Gasteiger partial charge in [0.1, 0.15) is 0 Å². The molecule has 0 saturated heterocycles. The van der Waals surface area contributed by atoms with Crippen LogP contribution in [0.25, 0.3) is 0 Å². The van der Waals surface area contributed by atoms with E-state index < -0.39 is 0 Å². The number of nitrogens with two attached hydrogens (primary N) is 1. The molecule has 0 aromatic rings. The van der Waals surface area contributed by atoms with E-state index in [0.717, 1.165) is 0 Å². The zero-order valence-corrected chi connectivity index (χ0v) is 10.2. The lowest BCUT2D eigenvalue weighted by Gasteiger charge is -1.99. The van der Waals surface area contributed by atoms with E-state index in [9.17, 15) is 0 Å². The smallest absolute Gasteiger partial charge is 0.0195 e. The van der Waals surface area contributed by atoms with Crippen LogP contribution in [-0.2, 0) is 0 Å². The average Bonchev–Trinajstić information content (AvgIpc) is 2.25. The summed E-state index contributed by atoms with van der Waals surface area (Å²) >= 11 is 0. The Morgan fingerprint density at radius 1 is 0.857 bits per heavy atom. The second-order valence-electron chi connectivity index (χ2n) is 3.55. The Hall–Kier alpha value is -0.300. The Morgan fingerprint density at radius 2 is 1.29 bits per heavy atom. The molecule has 0 bridgehead atoms. The summed E-state index contributed by atoms with van der Waals surface area (Å²) in [5.74, 6) is 0. The van der Waals surface area contributed by atoms with Gasteiger partial charge in [0.25, 0.3) is 0 Å². The molecule has 0 unspecified atom stereocenters. The third-order valence-corrected chi connectivity index (χ3v) is 2.26. The lowest BCUT2D eigenvalue weighted by molar-refractivity contribution is 0.578. The predicted molar refractivity (Wildman–Crippen MR) is 67.5 cm³/mol. The minimum Gasteiger partial charge on any atom is -0.333 e. The van der Waals surface area contributed by atoms with E-state index in [0.29, 0.717) is 0 Å². The molecule has 0 rings (SSSR count). The maximum absolute atomic E-state index is 4.50. The van der Waals surface area contributed by atoms with Gasteiger partial charge in [-0.15, -0.1) is 6.58 Å². The molecule has 1 nitrogen and oxygen atoms in total. The molecule has 0 radical (unpaired) electrons. The first-order chi connectivity index (χ1) is 6.91. The van der Waals surface area contributed by atoms with Crippen LogP contribution in [0.1, 0.15) is 64.7 Å². The number of hydrogen-bond donors (Lipinski definition) is 1. The van der Waals surface area contributed by atoms with Crippen LogP contribution in [0.5, 0.6) is 0 Å². The van der Waals surface area contributed by atoms with Gasteiger partial charge in [-0.2, -0.15) is 0 Å². The van der Waals surface area contributed by atoms with Gasteiger partial charge in [-0.25, -0.2) is 0 Å². The Labute approximate surface area is 90.8 Å². The van der Waals surface area contributed by atoms with Crippen LogP contribution in [0.4, 0.5) is 0 Å². The summed E-state index contributed by atoms with van der Waals surface area (Å²) in [6.45, 7) is 5.99. The van der Waals surface area contributed by atoms with Gasteiger partial charge in [0.05, 0.1) is 0 Å². The van der Waals surface area contributed by atoms with Crippen molar-refractivity contribution in [3.8, 4) is 0 Å². The Kier molecular flexibility index (Phi) is 21.3. The van der Waals surface area contributed by atoms with E-state index in [1.807, 2.05) is 6.08 Å². The molecular formula is C13H29N. The summed E-state index contributed by atoms with van der Waals surface area (Å²) < 4.78 is 0. The molecule has 0 heterocycles. The summed E-state index contributed by atoms with van der Waals surface area (Å²) in [6.07, 6.45) is 14.5. The topological polar surface area (TPSA) is 26.0 Å². The van der Waals surface area contributed by atoms with Gasteiger partial charge in [0.15, 0.2) is 0 Å². The summed E-state index contributed by atoms with van der Waals surface area (Å²) in [5, 5.41) is 0. The van der Waals surface area contributed by atoms with Gasteiger partial charge < -0.3 is 5.73 Å². The van der Waals surface area contributed by atoms with Crippen molar-refractivity contribution in [2.75, 3.05) is 7.05 Å². The lowest BCUT2D eigenvalue weighted by atomic mass is 10.1. The zero-order valence-electron chi connectivity index (χ0n) is 10.2. The highest BCUT2D eigenvalue weighted by atomic mass is 14.4. The molecule has 0 atom stereocenters. The van der Waals surface area contributed by atoms with Crippen LogP contribution < -0.4 is 5.73 Å². The fourth-order valence-electron chi connectivity index (χ4n) is 1.42. The minimum absolute atomic E-state index is 1.20. The normalized spacial score (nSPS) is 9.07. The Balaban J connectivity index is 0. The maximum Gasteiger partial charge on any atom is -0.0195 e. The molecule has 1 heteroatoms. The SMILES string of the molecule is C=CCCCCCCCCCC.CN. The van der Waals surface area contributed by atoms with E-state index in [1.54, 1.807) is 0 Å². The molecule has 0 amide bonds. The van der Waals surface area contributed by atoms with Gasteiger partial charge in [0.2, 0.25) is 0 Å². The van der Waals surface area contributed by atoms with Crippen molar-refractivity contribution in [3.63, 3.8) is 0 Å². The number of unbranched alkanes of at least 4 members (excludes halogenated alkanes) is 8. The van der Waals surface area contributed by atoms with E-state index in [1.165, 1.54) is 64.8 Å². The van der Waals surface area contributed by atoms with Crippen molar-refractivity contribution >= 4 is 0 Å². The van der Waals surface area contributed by atoms with Crippen LogP contribution in [0, 0.1) is 0 Å². The molecule has 0 aromatic carbocycles. The van der Waals surface area contributed by atoms with Crippen molar-refractivity contribution in [2.45, 2.75) is 64.7 Å². The maximum atomic E-state index is 4.50. The minimum atomic E-state index is 1.20. The Bertz CT molecular complexity index is 89.2. The molecule has 0 spiro atoms. The third-order valence-electron chi connectivity index (χ3n) is 2.26. The standard InChI is InChI=1S/C12H24.CH5N/c1-3-5-7-9-11-12-10-8-6-4-2;1-2/h3H,1,4-12H2,2H3;2H2,1H3. The lowest BCUT2D eigenvalue weighted by Crippen LogP contribution is -1.79. The number of hydrogen-bond acceptors (Lipinski definition) is 1. The molecule has 2 N–H and O–H groups in total. The van der Waals surface area contributed by atoms with Gasteiger partial charge in [-0.3, -0.25) is 0 Å². The highest BCUT2D eigenvalue weighted by Crippen LogP contribution is 2.09. The Morgan fingerprint density at radius 3 is 1.71 bits per heavy atom. The predicted octanol–water partition coefficient (Wildman–Crippen LogP) is 4.28. The first-order valence-corrected chi connectivity index (χ1v) is 6.10. The van der Waals surface area contributed by atoms with Gasteiger partial charge in [-0.1, -0.05) is 57.9 Å². The van der Waals surface area contributed by atoms with Crippen LogP contribution >= 0.6 is 0 Å². The van der Waals surface area contributed by atoms with Crippen LogP contribution in [0.15, 0.2) is 12.7 Å². The monoisotopic (exact) mass is 199 g/mol. The third kappa shape index (κ3) is 17.7. The summed E-state index contributed by atoms with van der Waals surface area (Å²) in [4.78, 5) is 0. The quantitative estimate of drug-likeness (QED) is 0.435. The molecule has 0 aliphatic carbocycles. The van der Waals surface area contributed by atoms with E-state index in [-0.39, 0.29) is 0 Å². The molecule has 86 valence electrons. The summed E-state index contributed by atoms with van der Waals surface area (Å²) in [7, 11) is 1.50. The highest BCUT2D eigenvalue weighted by Gasteiger charge is 1.89. The molecular weight excluding hydrogens is 170 g/mol. The average molecular weight is 199 g/mol. The molecule has 0 fully saturated rings. The van der Waals surface area contributed by atoms with Crippen LogP contribution in [0.3, 0.4) is 0 Å². The first kappa shape index (κ1) is 16.1. The number of rotatable bonds is 9. The van der Waals surface area contributed by atoms with Gasteiger partial charge >= 0.3 is 0 Å². The van der Waals surface area contributed by atoms with Gasteiger partial charge in [-0.05, 0) is 19.9 Å².